The fourth-order valence-electron chi connectivity index (χ4n) is 2.43. The molecule has 3 aromatic rings. The highest BCUT2D eigenvalue weighted by Crippen LogP contribution is 2.26. The average Bonchev–Trinajstić information content (AvgIpc) is 2.80. The monoisotopic (exact) mass is 323 g/mol. The molecule has 1 aromatic heterocycles. The van der Waals surface area contributed by atoms with E-state index in [0.717, 1.165) is 22.0 Å². The normalized spacial score (nSPS) is 11.2. The summed E-state index contributed by atoms with van der Waals surface area (Å²) in [6, 6.07) is 10.2. The van der Waals surface area contributed by atoms with Crippen LogP contribution < -0.4 is 0 Å². The predicted molar refractivity (Wildman–Crippen MR) is 83.4 cm³/mol. The summed E-state index contributed by atoms with van der Waals surface area (Å²) in [5.41, 5.74) is 2.63. The highest BCUT2D eigenvalue weighted by molar-refractivity contribution is 6.31. The summed E-state index contributed by atoms with van der Waals surface area (Å²) in [4.78, 5) is 0. The number of halogens is 3. The number of nitrogens with zero attached hydrogens (tertiary/aromatic N) is 1. The van der Waals surface area contributed by atoms with Crippen molar-refractivity contribution < 1.29 is 9.50 Å². The van der Waals surface area contributed by atoms with Crippen LogP contribution in [0.25, 0.3) is 10.9 Å². The molecule has 0 aliphatic heterocycles. The molecule has 2 aromatic carbocycles. The second-order valence-electron chi connectivity index (χ2n) is 4.85. The molecule has 108 valence electrons. The number of benzene rings is 2. The largest absolute Gasteiger partial charge is 0.392 e. The lowest BCUT2D eigenvalue weighted by Gasteiger charge is -2.07. The zero-order valence-electron chi connectivity index (χ0n) is 11.0. The number of aromatic nitrogens is 1. The molecule has 0 aliphatic rings. The van der Waals surface area contributed by atoms with Gasteiger partial charge in [0.25, 0.3) is 0 Å². The maximum Gasteiger partial charge on any atom is 0.141 e. The molecule has 5 heteroatoms. The Morgan fingerprint density at radius 1 is 1.10 bits per heavy atom. The number of fused-ring (bicyclic) bond motifs is 1. The molecule has 1 heterocycles. The van der Waals surface area contributed by atoms with Crippen molar-refractivity contribution in [2.45, 2.75) is 13.2 Å². The molecule has 0 spiro atoms. The first-order valence-corrected chi connectivity index (χ1v) is 7.16. The molecule has 2 nitrogen and oxygen atoms in total. The third-order valence-corrected chi connectivity index (χ3v) is 3.96. The Hall–Kier alpha value is -1.55. The number of hydrogen-bond donors (Lipinski definition) is 1. The second kappa shape index (κ2) is 5.68. The van der Waals surface area contributed by atoms with Crippen molar-refractivity contribution in [2.75, 3.05) is 0 Å². The summed E-state index contributed by atoms with van der Waals surface area (Å²) in [5.74, 6) is -0.433. The topological polar surface area (TPSA) is 25.2 Å². The van der Waals surface area contributed by atoms with Gasteiger partial charge in [-0.15, -0.1) is 0 Å². The van der Waals surface area contributed by atoms with Gasteiger partial charge in [0.2, 0.25) is 0 Å². The van der Waals surface area contributed by atoms with Crippen LogP contribution in [0.2, 0.25) is 10.0 Å². The van der Waals surface area contributed by atoms with Gasteiger partial charge in [0.15, 0.2) is 0 Å². The van der Waals surface area contributed by atoms with Crippen molar-refractivity contribution in [1.82, 2.24) is 4.57 Å². The molecule has 0 aliphatic carbocycles. The van der Waals surface area contributed by atoms with Crippen LogP contribution in [0.1, 0.15) is 11.1 Å². The van der Waals surface area contributed by atoms with Gasteiger partial charge in [-0.1, -0.05) is 35.3 Å². The molecule has 0 saturated heterocycles. The molecule has 1 N–H and O–H groups in total. The van der Waals surface area contributed by atoms with Crippen molar-refractivity contribution in [1.29, 1.82) is 0 Å². The van der Waals surface area contributed by atoms with Crippen LogP contribution in [-0.4, -0.2) is 9.67 Å². The van der Waals surface area contributed by atoms with Gasteiger partial charge < -0.3 is 9.67 Å². The Labute approximate surface area is 131 Å². The van der Waals surface area contributed by atoms with Gasteiger partial charge in [0.1, 0.15) is 5.82 Å². The van der Waals surface area contributed by atoms with Gasteiger partial charge in [-0.2, -0.15) is 0 Å². The molecular formula is C16H12Cl2FNO. The van der Waals surface area contributed by atoms with E-state index in [1.165, 1.54) is 6.07 Å². The van der Waals surface area contributed by atoms with Crippen LogP contribution in [-0.2, 0) is 13.2 Å². The zero-order chi connectivity index (χ0) is 15.0. The summed E-state index contributed by atoms with van der Waals surface area (Å²) in [6.07, 6.45) is 1.87. The molecule has 0 unspecified atom stereocenters. The van der Waals surface area contributed by atoms with E-state index in [1.807, 2.05) is 22.9 Å². The molecule has 0 radical (unpaired) electrons. The predicted octanol–water partition coefficient (Wildman–Crippen LogP) is 4.63. The van der Waals surface area contributed by atoms with Gasteiger partial charge in [-0.05, 0) is 29.8 Å². The standard InChI is InChI=1S/C16H12Cl2FNO/c17-12-2-3-13-11(9-21)8-20(16(13)6-12)7-10-1-4-15(19)14(18)5-10/h1-6,8,21H,7,9H2. The maximum atomic E-state index is 13.2. The van der Waals surface area contributed by atoms with Crippen LogP contribution >= 0.6 is 23.2 Å². The minimum atomic E-state index is -0.433. The number of aliphatic hydroxyl groups is 1. The van der Waals surface area contributed by atoms with Crippen molar-refractivity contribution in [3.05, 3.63) is 69.6 Å². The van der Waals surface area contributed by atoms with Crippen LogP contribution in [0.4, 0.5) is 4.39 Å². The second-order valence-corrected chi connectivity index (χ2v) is 5.69. The van der Waals surface area contributed by atoms with Gasteiger partial charge in [-0.25, -0.2) is 4.39 Å². The third-order valence-electron chi connectivity index (χ3n) is 3.43. The fraction of sp³-hybridized carbons (Fsp3) is 0.125. The number of hydrogen-bond acceptors (Lipinski definition) is 1. The molecule has 0 amide bonds. The van der Waals surface area contributed by atoms with E-state index in [9.17, 15) is 9.50 Å². The summed E-state index contributed by atoms with van der Waals surface area (Å²) < 4.78 is 15.2. The van der Waals surface area contributed by atoms with Gasteiger partial charge in [0.05, 0.1) is 17.1 Å². The van der Waals surface area contributed by atoms with Gasteiger partial charge >= 0.3 is 0 Å². The van der Waals surface area contributed by atoms with Gasteiger partial charge in [0, 0.05) is 28.7 Å². The first-order valence-electron chi connectivity index (χ1n) is 6.40. The number of aliphatic hydroxyl groups excluding tert-OH is 1. The first kappa shape index (κ1) is 14.4. The summed E-state index contributed by atoms with van der Waals surface area (Å²) in [5, 5.41) is 11.1. The third kappa shape index (κ3) is 2.77. The molecule has 0 atom stereocenters. The van der Waals surface area contributed by atoms with E-state index in [4.69, 9.17) is 23.2 Å². The Morgan fingerprint density at radius 3 is 2.62 bits per heavy atom. The van der Waals surface area contributed by atoms with Crippen LogP contribution in [0.5, 0.6) is 0 Å². The maximum absolute atomic E-state index is 13.2. The molecule has 0 saturated carbocycles. The smallest absolute Gasteiger partial charge is 0.141 e. The molecule has 21 heavy (non-hydrogen) atoms. The minimum absolute atomic E-state index is 0.0463. The van der Waals surface area contributed by atoms with Crippen LogP contribution in [0.3, 0.4) is 0 Å². The van der Waals surface area contributed by atoms with E-state index < -0.39 is 5.82 Å². The van der Waals surface area contributed by atoms with Gasteiger partial charge in [-0.3, -0.25) is 0 Å². The highest BCUT2D eigenvalue weighted by Gasteiger charge is 2.09. The van der Waals surface area contributed by atoms with Crippen molar-refractivity contribution in [3.63, 3.8) is 0 Å². The Kier molecular flexibility index (Phi) is 3.89. The Balaban J connectivity index is 2.07. The minimum Gasteiger partial charge on any atom is -0.392 e. The van der Waals surface area contributed by atoms with E-state index in [-0.39, 0.29) is 11.6 Å². The fourth-order valence-corrected chi connectivity index (χ4v) is 2.80. The van der Waals surface area contributed by atoms with Crippen molar-refractivity contribution in [3.8, 4) is 0 Å². The lowest BCUT2D eigenvalue weighted by Crippen LogP contribution is -1.98. The van der Waals surface area contributed by atoms with E-state index in [2.05, 4.69) is 0 Å². The van der Waals surface area contributed by atoms with Crippen LogP contribution in [0, 0.1) is 5.82 Å². The lowest BCUT2D eigenvalue weighted by atomic mass is 10.2. The van der Waals surface area contributed by atoms with E-state index in [0.29, 0.717) is 11.6 Å². The van der Waals surface area contributed by atoms with Crippen molar-refractivity contribution >= 4 is 34.1 Å². The molecule has 3 rings (SSSR count). The molecule has 0 fully saturated rings. The van der Waals surface area contributed by atoms with Crippen molar-refractivity contribution in [2.24, 2.45) is 0 Å². The molecular weight excluding hydrogens is 312 g/mol. The van der Waals surface area contributed by atoms with Crippen LogP contribution in [0.15, 0.2) is 42.6 Å². The quantitative estimate of drug-likeness (QED) is 0.747. The zero-order valence-corrected chi connectivity index (χ0v) is 12.5. The summed E-state index contributed by atoms with van der Waals surface area (Å²) >= 11 is 11.9. The Morgan fingerprint density at radius 2 is 1.90 bits per heavy atom. The Bertz CT molecular complexity index is 813. The summed E-state index contributed by atoms with van der Waals surface area (Å²) in [6.45, 7) is 0.478. The first-order chi connectivity index (χ1) is 10.1. The average molecular weight is 324 g/mol. The van der Waals surface area contributed by atoms with E-state index >= 15 is 0 Å². The molecule has 0 bridgehead atoms. The van der Waals surface area contributed by atoms with E-state index in [1.54, 1.807) is 18.2 Å². The highest BCUT2D eigenvalue weighted by atomic mass is 35.5. The SMILES string of the molecule is OCc1cn(Cc2ccc(F)c(Cl)c2)c2cc(Cl)ccc12. The summed E-state index contributed by atoms with van der Waals surface area (Å²) in [7, 11) is 0. The number of rotatable bonds is 3. The lowest BCUT2D eigenvalue weighted by molar-refractivity contribution is 0.283.